The lowest BCUT2D eigenvalue weighted by Gasteiger charge is -2.09. The number of hydrogen-bond acceptors (Lipinski definition) is 2. The molecule has 1 aromatic rings. The van der Waals surface area contributed by atoms with Crippen molar-refractivity contribution in [3.8, 4) is 12.3 Å². The maximum absolute atomic E-state index is 11.5. The van der Waals surface area contributed by atoms with Crippen LogP contribution in [-0.4, -0.2) is 16.9 Å². The first-order valence-corrected chi connectivity index (χ1v) is 4.31. The van der Waals surface area contributed by atoms with Gasteiger partial charge in [-0.15, -0.1) is 12.3 Å². The third-order valence-corrected chi connectivity index (χ3v) is 1.75. The number of hydrogen-bond donors (Lipinski definition) is 3. The summed E-state index contributed by atoms with van der Waals surface area (Å²) in [6.07, 6.45) is 7.20. The number of H-pyrrole nitrogens is 1. The van der Waals surface area contributed by atoms with E-state index in [1.54, 1.807) is 12.3 Å². The highest BCUT2D eigenvalue weighted by molar-refractivity contribution is 5.93. The van der Waals surface area contributed by atoms with Gasteiger partial charge >= 0.3 is 0 Å². The van der Waals surface area contributed by atoms with Crippen LogP contribution in [0.1, 0.15) is 23.8 Å². The minimum absolute atomic E-state index is 0.0305. The van der Waals surface area contributed by atoms with Gasteiger partial charge in [0.1, 0.15) is 5.69 Å². The number of carbonyl (C=O) groups is 1. The van der Waals surface area contributed by atoms with Crippen LogP contribution in [0, 0.1) is 12.3 Å². The number of nitrogens with two attached hydrogens (primary N) is 1. The molecule has 1 atom stereocenters. The molecule has 0 aliphatic heterocycles. The fraction of sp³-hybridized carbons (Fsp3) is 0.300. The molecular weight excluding hydrogens is 178 g/mol. The van der Waals surface area contributed by atoms with Gasteiger partial charge in [-0.2, -0.15) is 0 Å². The summed E-state index contributed by atoms with van der Waals surface area (Å²) in [7, 11) is 0. The summed E-state index contributed by atoms with van der Waals surface area (Å²) in [6.45, 7) is 1.85. The van der Waals surface area contributed by atoms with E-state index >= 15 is 0 Å². The van der Waals surface area contributed by atoms with Crippen LogP contribution in [0.2, 0.25) is 0 Å². The quantitative estimate of drug-likeness (QED) is 0.616. The van der Waals surface area contributed by atoms with E-state index in [2.05, 4.69) is 16.2 Å². The first-order chi connectivity index (χ1) is 6.63. The molecule has 0 aliphatic rings. The fourth-order valence-electron chi connectivity index (χ4n) is 1.07. The standard InChI is InChI=1S/C10H13N3O/c1-3-4-7(2)13-10(14)9-5-8(11)6-12-9/h1,5-7,12H,4,11H2,2H3,(H,13,14). The summed E-state index contributed by atoms with van der Waals surface area (Å²) < 4.78 is 0. The molecule has 4 nitrogen and oxygen atoms in total. The Morgan fingerprint density at radius 1 is 1.86 bits per heavy atom. The minimum atomic E-state index is -0.190. The molecule has 0 aliphatic carbocycles. The molecule has 0 saturated heterocycles. The van der Waals surface area contributed by atoms with Crippen LogP contribution in [0.5, 0.6) is 0 Å². The van der Waals surface area contributed by atoms with Crippen LogP contribution >= 0.6 is 0 Å². The van der Waals surface area contributed by atoms with Gasteiger partial charge in [-0.3, -0.25) is 4.79 Å². The lowest BCUT2D eigenvalue weighted by atomic mass is 10.2. The van der Waals surface area contributed by atoms with Crippen LogP contribution in [-0.2, 0) is 0 Å². The highest BCUT2D eigenvalue weighted by Crippen LogP contribution is 2.04. The number of nitrogen functional groups attached to an aromatic ring is 1. The molecule has 1 heterocycles. The Labute approximate surface area is 82.9 Å². The zero-order chi connectivity index (χ0) is 10.6. The molecule has 0 spiro atoms. The molecule has 1 aromatic heterocycles. The molecule has 14 heavy (non-hydrogen) atoms. The van der Waals surface area contributed by atoms with Gasteiger partial charge in [0.25, 0.3) is 5.91 Å². The summed E-state index contributed by atoms with van der Waals surface area (Å²) in [4.78, 5) is 14.2. The van der Waals surface area contributed by atoms with Crippen molar-refractivity contribution in [2.45, 2.75) is 19.4 Å². The second kappa shape index (κ2) is 4.38. The molecule has 0 fully saturated rings. The summed E-state index contributed by atoms with van der Waals surface area (Å²) in [5.41, 5.74) is 6.45. The number of aromatic amines is 1. The molecule has 1 unspecified atom stereocenters. The maximum atomic E-state index is 11.5. The molecule has 0 bridgehead atoms. The van der Waals surface area contributed by atoms with Crippen LogP contribution in [0.4, 0.5) is 5.69 Å². The number of anilines is 1. The monoisotopic (exact) mass is 191 g/mol. The van der Waals surface area contributed by atoms with Crippen molar-refractivity contribution in [2.24, 2.45) is 0 Å². The van der Waals surface area contributed by atoms with Crippen molar-refractivity contribution in [3.63, 3.8) is 0 Å². The maximum Gasteiger partial charge on any atom is 0.268 e. The zero-order valence-electron chi connectivity index (χ0n) is 8.00. The molecule has 0 saturated carbocycles. The van der Waals surface area contributed by atoms with E-state index in [4.69, 9.17) is 12.2 Å². The van der Waals surface area contributed by atoms with E-state index in [1.165, 1.54) is 0 Å². The minimum Gasteiger partial charge on any atom is -0.397 e. The Hall–Kier alpha value is -1.89. The molecular formula is C10H13N3O. The summed E-state index contributed by atoms with van der Waals surface area (Å²) in [5, 5.41) is 2.74. The van der Waals surface area contributed by atoms with Crippen LogP contribution in [0.15, 0.2) is 12.3 Å². The molecule has 4 N–H and O–H groups in total. The predicted molar refractivity (Wildman–Crippen MR) is 55.6 cm³/mol. The van der Waals surface area contributed by atoms with E-state index < -0.39 is 0 Å². The predicted octanol–water partition coefficient (Wildman–Crippen LogP) is 0.739. The Morgan fingerprint density at radius 3 is 3.07 bits per heavy atom. The number of aromatic nitrogens is 1. The molecule has 4 heteroatoms. The van der Waals surface area contributed by atoms with E-state index in [0.29, 0.717) is 17.8 Å². The Kier molecular flexibility index (Phi) is 3.19. The Bertz CT molecular complexity index is 362. The van der Waals surface area contributed by atoms with Crippen LogP contribution < -0.4 is 11.1 Å². The van der Waals surface area contributed by atoms with Gasteiger partial charge in [0.15, 0.2) is 0 Å². The Morgan fingerprint density at radius 2 is 2.57 bits per heavy atom. The second-order valence-electron chi connectivity index (χ2n) is 3.13. The molecule has 74 valence electrons. The number of terminal acetylenes is 1. The third kappa shape index (κ3) is 2.56. The zero-order valence-corrected chi connectivity index (χ0v) is 8.00. The SMILES string of the molecule is C#CCC(C)NC(=O)c1cc(N)c[nH]1. The summed E-state index contributed by atoms with van der Waals surface area (Å²) >= 11 is 0. The smallest absolute Gasteiger partial charge is 0.268 e. The molecule has 1 rings (SSSR count). The fourth-order valence-corrected chi connectivity index (χ4v) is 1.07. The molecule has 0 radical (unpaired) electrons. The van der Waals surface area contributed by atoms with Gasteiger partial charge in [-0.25, -0.2) is 0 Å². The van der Waals surface area contributed by atoms with Gasteiger partial charge in [0.2, 0.25) is 0 Å². The van der Waals surface area contributed by atoms with Crippen molar-refractivity contribution < 1.29 is 4.79 Å². The van der Waals surface area contributed by atoms with Crippen molar-refractivity contribution >= 4 is 11.6 Å². The van der Waals surface area contributed by atoms with Crippen molar-refractivity contribution in [1.29, 1.82) is 0 Å². The van der Waals surface area contributed by atoms with Crippen molar-refractivity contribution in [3.05, 3.63) is 18.0 Å². The number of nitrogens with one attached hydrogen (secondary N) is 2. The second-order valence-corrected chi connectivity index (χ2v) is 3.13. The van der Waals surface area contributed by atoms with Crippen molar-refractivity contribution in [2.75, 3.05) is 5.73 Å². The average Bonchev–Trinajstić information content (AvgIpc) is 2.52. The average molecular weight is 191 g/mol. The number of amides is 1. The van der Waals surface area contributed by atoms with Gasteiger partial charge in [0, 0.05) is 24.3 Å². The van der Waals surface area contributed by atoms with E-state index in [-0.39, 0.29) is 11.9 Å². The van der Waals surface area contributed by atoms with Crippen molar-refractivity contribution in [1.82, 2.24) is 10.3 Å². The highest BCUT2D eigenvalue weighted by Gasteiger charge is 2.09. The van der Waals surface area contributed by atoms with Gasteiger partial charge in [-0.1, -0.05) is 0 Å². The summed E-state index contributed by atoms with van der Waals surface area (Å²) in [6, 6.07) is 1.55. The topological polar surface area (TPSA) is 70.9 Å². The molecule has 0 aromatic carbocycles. The Balaban J connectivity index is 2.55. The van der Waals surface area contributed by atoms with E-state index in [1.807, 2.05) is 6.92 Å². The largest absolute Gasteiger partial charge is 0.397 e. The summed E-state index contributed by atoms with van der Waals surface area (Å²) in [5.74, 6) is 2.29. The van der Waals surface area contributed by atoms with Gasteiger partial charge in [0.05, 0.1) is 0 Å². The van der Waals surface area contributed by atoms with Crippen LogP contribution in [0.25, 0.3) is 0 Å². The lowest BCUT2D eigenvalue weighted by molar-refractivity contribution is 0.0936. The van der Waals surface area contributed by atoms with E-state index in [0.717, 1.165) is 0 Å². The molecule has 1 amide bonds. The third-order valence-electron chi connectivity index (χ3n) is 1.75. The van der Waals surface area contributed by atoms with E-state index in [9.17, 15) is 4.79 Å². The van der Waals surface area contributed by atoms with Crippen LogP contribution in [0.3, 0.4) is 0 Å². The lowest BCUT2D eigenvalue weighted by Crippen LogP contribution is -2.32. The highest BCUT2D eigenvalue weighted by atomic mass is 16.1. The first kappa shape index (κ1) is 10.2. The number of carbonyl (C=O) groups excluding carboxylic acids is 1. The number of rotatable bonds is 3. The van der Waals surface area contributed by atoms with Gasteiger partial charge < -0.3 is 16.0 Å². The normalized spacial score (nSPS) is 11.7. The first-order valence-electron chi connectivity index (χ1n) is 4.31. The van der Waals surface area contributed by atoms with Gasteiger partial charge in [-0.05, 0) is 13.0 Å².